The van der Waals surface area contributed by atoms with Crippen molar-refractivity contribution in [2.24, 2.45) is 0 Å². The third kappa shape index (κ3) is 2.94. The normalized spacial score (nSPS) is 9.73. The van der Waals surface area contributed by atoms with E-state index in [2.05, 4.69) is 4.52 Å². The summed E-state index contributed by atoms with van der Waals surface area (Å²) in [5.41, 5.74) is 0. The van der Waals surface area contributed by atoms with E-state index in [4.69, 9.17) is 4.89 Å². The van der Waals surface area contributed by atoms with Crippen LogP contribution < -0.4 is 4.52 Å². The molecule has 1 rings (SSSR count). The summed E-state index contributed by atoms with van der Waals surface area (Å²) in [7, 11) is -2.53. The molecule has 0 aromatic heterocycles. The van der Waals surface area contributed by atoms with E-state index in [1.165, 1.54) is 0 Å². The minimum atomic E-state index is -2.53. The summed E-state index contributed by atoms with van der Waals surface area (Å²) in [5, 5.41) is 0. The predicted molar refractivity (Wildman–Crippen MR) is 36.9 cm³/mol. The molecule has 0 fully saturated rings. The van der Waals surface area contributed by atoms with Crippen molar-refractivity contribution in [3.63, 3.8) is 0 Å². The number of para-hydroxylation sites is 1. The Morgan fingerprint density at radius 3 is 2.27 bits per heavy atom. The zero-order chi connectivity index (χ0) is 7.40. The number of hydrogen-bond donors (Lipinski definition) is 1. The van der Waals surface area contributed by atoms with E-state index < -0.39 is 8.25 Å². The summed E-state index contributed by atoms with van der Waals surface area (Å²) >= 11 is 0. The van der Waals surface area contributed by atoms with Gasteiger partial charge in [-0.25, -0.2) is 4.52 Å². The van der Waals surface area contributed by atoms with Crippen molar-refractivity contribution in [2.75, 3.05) is 0 Å². The molecule has 0 aliphatic rings. The molecule has 5 heteroatoms. The van der Waals surface area contributed by atoms with Gasteiger partial charge in [-0.2, -0.15) is 0 Å². The van der Waals surface area contributed by atoms with E-state index in [9.17, 15) is 4.57 Å². The third-order valence-corrected chi connectivity index (χ3v) is 1.29. The van der Waals surface area contributed by atoms with Crippen LogP contribution in [0.15, 0.2) is 30.3 Å². The Hall–Kier alpha value is -1.92. The Bertz CT molecular complexity index is 227. The summed E-state index contributed by atoms with van der Waals surface area (Å²) in [4.78, 5) is 8.29. The van der Waals surface area contributed by atoms with Crippen molar-refractivity contribution in [3.8, 4) is 5.75 Å². The average molecular weight is 414 g/mol. The maximum atomic E-state index is 10.1. The van der Waals surface area contributed by atoms with Crippen LogP contribution >= 0.6 is 8.25 Å². The van der Waals surface area contributed by atoms with E-state index in [1.807, 2.05) is 0 Å². The molecule has 0 bridgehead atoms. The summed E-state index contributed by atoms with van der Waals surface area (Å²) < 4.78 is 14.6. The van der Waals surface area contributed by atoms with E-state index in [0.717, 1.165) is 0 Å². The van der Waals surface area contributed by atoms with Gasteiger partial charge < -0.3 is 0 Å². The largest absolute Gasteiger partial charge is 0.747 e. The molecule has 0 saturated carbocycles. The summed E-state index contributed by atoms with van der Waals surface area (Å²) in [5.74, 6) is 0.408. The third-order valence-electron chi connectivity index (χ3n) is 0.927. The van der Waals surface area contributed by atoms with Crippen molar-refractivity contribution >= 4 is 8.25 Å². The Kier molecular flexibility index (Phi) is 3.29. The standard InChI is InChI=1S/C6H5O3P.Fm/c7-10(8)9-6-4-2-1-3-5-6;/h1-5H;/p+1. The molecule has 1 N–H and O–H groups in total. The quantitative estimate of drug-likeness (QED) is 0.751. The fourth-order valence-electron chi connectivity index (χ4n) is 0.572. The molecule has 64 valence electrons. The first-order chi connectivity index (χ1) is 4.79. The van der Waals surface area contributed by atoms with Gasteiger partial charge in [0.25, 0.3) is 0 Å². The molecule has 3 nitrogen and oxygen atoms in total. The summed E-state index contributed by atoms with van der Waals surface area (Å²) in [6.07, 6.45) is 0. The van der Waals surface area contributed by atoms with E-state index in [-0.39, 0.29) is 0 Å². The topological polar surface area (TPSA) is 46.5 Å². The van der Waals surface area contributed by atoms with Crippen LogP contribution in [-0.2, 0) is 4.57 Å². The molecule has 1 unspecified atom stereocenters. The van der Waals surface area contributed by atoms with Crippen LogP contribution in [0.3, 0.4) is 0 Å². The summed E-state index contributed by atoms with van der Waals surface area (Å²) in [6, 6.07) is 8.49. The van der Waals surface area contributed by atoms with Crippen molar-refractivity contribution in [3.05, 3.63) is 30.3 Å². The van der Waals surface area contributed by atoms with E-state index in [1.54, 1.807) is 30.3 Å². The molecule has 0 aliphatic carbocycles. The Labute approximate surface area is 59.2 Å². The van der Waals surface area contributed by atoms with Crippen molar-refractivity contribution in [2.45, 2.75) is 0 Å². The van der Waals surface area contributed by atoms with E-state index in [0.29, 0.717) is 5.75 Å². The first kappa shape index (κ1) is 9.08. The Morgan fingerprint density at radius 2 is 1.82 bits per heavy atom. The summed E-state index contributed by atoms with van der Waals surface area (Å²) in [6.45, 7) is 0. The molecular formula is C6H6FmO3P+. The van der Waals surface area contributed by atoms with Gasteiger partial charge in [-0.3, -0.25) is 0 Å². The van der Waals surface area contributed by atoms with Crippen LogP contribution in [0.25, 0.3) is 0 Å². The number of rotatable bonds is 2. The molecular weight excluding hydrogens is 408 g/mol. The van der Waals surface area contributed by atoms with Crippen molar-refractivity contribution in [1.29, 1.82) is 0 Å². The van der Waals surface area contributed by atoms with Gasteiger partial charge in [-0.1, -0.05) is 18.2 Å². The fourth-order valence-corrected chi connectivity index (χ4v) is 0.874. The zero-order valence-corrected chi connectivity index (χ0v) is 8.68. The fraction of sp³-hybridized carbons (Fsp3) is 0. The first-order valence-electron chi connectivity index (χ1n) is 2.68. The minimum absolute atomic E-state index is 0. The SMILES string of the molecule is O=[P+](O)Oc1ccccc1.[Fm]. The number of benzene rings is 1. The maximum Gasteiger partial charge on any atom is 0.747 e. The molecule has 0 radical (unpaired) electrons. The zero-order valence-electron chi connectivity index (χ0n) is 5.39. The second-order valence-electron chi connectivity index (χ2n) is 1.64. The molecule has 1 atom stereocenters. The van der Waals surface area contributed by atoms with Gasteiger partial charge >= 0.3 is 8.25 Å². The Balaban J connectivity index is 0.000001000. The van der Waals surface area contributed by atoms with Gasteiger partial charge in [0.05, 0.1) is 0 Å². The molecule has 0 amide bonds. The number of hydrogen-bond acceptors (Lipinski definition) is 2. The van der Waals surface area contributed by atoms with Crippen LogP contribution in [0.1, 0.15) is 0 Å². The van der Waals surface area contributed by atoms with Gasteiger partial charge in [0, 0.05) is 4.57 Å². The van der Waals surface area contributed by atoms with Gasteiger partial charge in [0.15, 0.2) is 5.75 Å². The maximum absolute atomic E-state index is 10.1. The van der Waals surface area contributed by atoms with Gasteiger partial charge in [-0.05, 0) is 12.1 Å². The van der Waals surface area contributed by atoms with Crippen LogP contribution in [0.4, 0.5) is 0 Å². The van der Waals surface area contributed by atoms with Crippen molar-refractivity contribution in [1.82, 2.24) is 0 Å². The molecule has 0 saturated heterocycles. The smallest absolute Gasteiger partial charge is 0.229 e. The Morgan fingerprint density at radius 1 is 1.27 bits per heavy atom. The van der Waals surface area contributed by atoms with Gasteiger partial charge in [-0.15, -0.1) is 4.89 Å². The monoisotopic (exact) mass is 414 g/mol. The second kappa shape index (κ2) is 3.99. The van der Waals surface area contributed by atoms with Gasteiger partial charge in [0.1, 0.15) is 0 Å². The average Bonchev–Trinajstić information content (AvgIpc) is 1.88. The predicted octanol–water partition coefficient (Wildman–Crippen LogP) is 1.72. The van der Waals surface area contributed by atoms with E-state index >= 15 is 0 Å². The molecule has 0 spiro atoms. The molecule has 0 heterocycles. The van der Waals surface area contributed by atoms with Gasteiger partial charge in [0.2, 0.25) is 0 Å². The van der Waals surface area contributed by atoms with Crippen molar-refractivity contribution < 1.29 is 14.0 Å². The minimum Gasteiger partial charge on any atom is -0.229 e. The molecule has 1 aromatic rings. The molecule has 11 heavy (non-hydrogen) atoms. The van der Waals surface area contributed by atoms with Crippen LogP contribution in [0, 0.1) is 0 Å². The van der Waals surface area contributed by atoms with Crippen LogP contribution in [-0.4, -0.2) is 4.89 Å². The first-order valence-corrected chi connectivity index (χ1v) is 3.81. The van der Waals surface area contributed by atoms with Crippen LogP contribution in [0.2, 0.25) is 0 Å². The molecule has 0 aliphatic heterocycles. The molecule has 1 aromatic carbocycles. The second-order valence-corrected chi connectivity index (χ2v) is 2.30. The van der Waals surface area contributed by atoms with Crippen LogP contribution in [0.5, 0.6) is 5.75 Å².